The Morgan fingerprint density at radius 3 is 2.67 bits per heavy atom. The fourth-order valence-corrected chi connectivity index (χ4v) is 5.01. The molecule has 0 bridgehead atoms. The van der Waals surface area contributed by atoms with E-state index in [1.807, 2.05) is 63.8 Å². The molecule has 0 unspecified atom stereocenters. The largest absolute Gasteiger partial charge is 0.341 e. The summed E-state index contributed by atoms with van der Waals surface area (Å²) in [6.45, 7) is 1.94. The average Bonchev–Trinajstić information content (AvgIpc) is 3.50. The number of nitriles is 1. The molecule has 6 nitrogen and oxygen atoms in total. The van der Waals surface area contributed by atoms with Crippen LogP contribution in [0.3, 0.4) is 0 Å². The van der Waals surface area contributed by atoms with Crippen molar-refractivity contribution in [3.8, 4) is 11.8 Å². The number of nitrogens with zero attached hydrogens (tertiary/aromatic N) is 6. The van der Waals surface area contributed by atoms with Gasteiger partial charge in [0.25, 0.3) is 0 Å². The number of benzene rings is 1. The number of fused-ring (bicyclic) bond motifs is 1. The van der Waals surface area contributed by atoms with Crippen molar-refractivity contribution < 1.29 is 0 Å². The van der Waals surface area contributed by atoms with E-state index >= 15 is 0 Å². The molecule has 8 heteroatoms. The van der Waals surface area contributed by atoms with Crippen LogP contribution in [-0.4, -0.2) is 32.3 Å². The molecular weight excluding hydrogens is 416 g/mol. The zero-order valence-electron chi connectivity index (χ0n) is 16.2. The number of halogens is 1. The van der Waals surface area contributed by atoms with Gasteiger partial charge in [0.1, 0.15) is 6.07 Å². The number of pyridine rings is 1. The zero-order chi connectivity index (χ0) is 20.5. The highest BCUT2D eigenvalue weighted by Gasteiger charge is 2.24. The minimum absolute atomic E-state index is 0.618. The standard InChI is InChI=1S/C22H19ClN6S/c23-18-7-1-2-9-20(18)29-21(27-10-5-6-11-27)25-26-22(29)30-15-16-14-28-12-4-3-8-19(28)17(16)13-24/h1-4,7-9,12,14H,5-6,10-11,15H2. The number of hydrogen-bond donors (Lipinski definition) is 0. The third-order valence-electron chi connectivity index (χ3n) is 5.33. The first-order valence-electron chi connectivity index (χ1n) is 9.83. The second kappa shape index (κ2) is 8.05. The lowest BCUT2D eigenvalue weighted by atomic mass is 10.2. The molecule has 0 radical (unpaired) electrons. The SMILES string of the molecule is N#Cc1c(CSc2nnc(N3CCCC3)n2-c2ccccc2Cl)cn2ccccc12. The van der Waals surface area contributed by atoms with Crippen molar-refractivity contribution in [2.24, 2.45) is 0 Å². The predicted octanol–water partition coefficient (Wildman–Crippen LogP) is 4.94. The van der Waals surface area contributed by atoms with Crippen LogP contribution in [0.2, 0.25) is 5.02 Å². The molecule has 0 N–H and O–H groups in total. The molecule has 0 amide bonds. The van der Waals surface area contributed by atoms with Gasteiger partial charge in [-0.05, 0) is 42.7 Å². The van der Waals surface area contributed by atoms with Gasteiger partial charge in [0.15, 0.2) is 5.16 Å². The lowest BCUT2D eigenvalue weighted by Gasteiger charge is -2.19. The van der Waals surface area contributed by atoms with E-state index in [1.165, 1.54) is 0 Å². The Hall–Kier alpha value is -2.95. The summed E-state index contributed by atoms with van der Waals surface area (Å²) in [6, 6.07) is 16.0. The van der Waals surface area contributed by atoms with E-state index in [-0.39, 0.29) is 0 Å². The Kier molecular flexibility index (Phi) is 5.11. The summed E-state index contributed by atoms with van der Waals surface area (Å²) in [6.07, 6.45) is 6.28. The molecule has 0 spiro atoms. The molecule has 30 heavy (non-hydrogen) atoms. The highest BCUT2D eigenvalue weighted by atomic mass is 35.5. The summed E-state index contributed by atoms with van der Waals surface area (Å²) >= 11 is 8.10. The summed E-state index contributed by atoms with van der Waals surface area (Å²) < 4.78 is 4.03. The van der Waals surface area contributed by atoms with Crippen molar-refractivity contribution >= 4 is 34.8 Å². The van der Waals surface area contributed by atoms with Gasteiger partial charge >= 0.3 is 0 Å². The van der Waals surface area contributed by atoms with E-state index in [9.17, 15) is 5.26 Å². The summed E-state index contributed by atoms with van der Waals surface area (Å²) in [7, 11) is 0. The number of rotatable bonds is 5. The Balaban J connectivity index is 1.52. The molecule has 150 valence electrons. The molecule has 1 fully saturated rings. The van der Waals surface area contributed by atoms with E-state index in [0.29, 0.717) is 16.3 Å². The molecule has 4 aromatic rings. The maximum absolute atomic E-state index is 9.69. The van der Waals surface area contributed by atoms with E-state index in [1.54, 1.807) is 11.8 Å². The second-order valence-electron chi connectivity index (χ2n) is 7.19. The van der Waals surface area contributed by atoms with Crippen molar-refractivity contribution in [2.75, 3.05) is 18.0 Å². The molecule has 1 aromatic carbocycles. The van der Waals surface area contributed by atoms with Crippen LogP contribution in [-0.2, 0) is 5.75 Å². The van der Waals surface area contributed by atoms with Gasteiger partial charge in [-0.15, -0.1) is 10.2 Å². The maximum Gasteiger partial charge on any atom is 0.232 e. The van der Waals surface area contributed by atoms with Crippen LogP contribution >= 0.6 is 23.4 Å². The fourth-order valence-electron chi connectivity index (χ4n) is 3.88. The van der Waals surface area contributed by atoms with Crippen LogP contribution in [0.15, 0.2) is 60.0 Å². The van der Waals surface area contributed by atoms with Gasteiger partial charge in [-0.3, -0.25) is 4.57 Å². The number of thioether (sulfide) groups is 1. The minimum Gasteiger partial charge on any atom is -0.341 e. The van der Waals surface area contributed by atoms with E-state index in [4.69, 9.17) is 11.6 Å². The lowest BCUT2D eigenvalue weighted by molar-refractivity contribution is 0.841. The van der Waals surface area contributed by atoms with Crippen LogP contribution in [0.5, 0.6) is 0 Å². The van der Waals surface area contributed by atoms with Gasteiger partial charge in [-0.1, -0.05) is 41.6 Å². The van der Waals surface area contributed by atoms with E-state index in [2.05, 4.69) is 21.2 Å². The van der Waals surface area contributed by atoms with Crippen molar-refractivity contribution in [3.63, 3.8) is 0 Å². The number of anilines is 1. The van der Waals surface area contributed by atoms with Gasteiger partial charge < -0.3 is 9.30 Å². The highest BCUT2D eigenvalue weighted by Crippen LogP contribution is 2.34. The second-order valence-corrected chi connectivity index (χ2v) is 8.54. The third-order valence-corrected chi connectivity index (χ3v) is 6.63. The van der Waals surface area contributed by atoms with Crippen LogP contribution < -0.4 is 4.90 Å². The van der Waals surface area contributed by atoms with Crippen LogP contribution in [0.1, 0.15) is 24.0 Å². The Bertz CT molecular complexity index is 1250. The molecule has 0 atom stereocenters. The maximum atomic E-state index is 9.69. The first-order valence-corrected chi connectivity index (χ1v) is 11.2. The molecule has 5 rings (SSSR count). The third kappa shape index (κ3) is 3.32. The summed E-state index contributed by atoms with van der Waals surface area (Å²) in [5.41, 5.74) is 3.47. The first kappa shape index (κ1) is 19.0. The molecule has 1 saturated heterocycles. The fraction of sp³-hybridized carbons (Fsp3) is 0.227. The number of aromatic nitrogens is 4. The highest BCUT2D eigenvalue weighted by molar-refractivity contribution is 7.98. The molecule has 0 aliphatic carbocycles. The van der Waals surface area contributed by atoms with Crippen LogP contribution in [0.25, 0.3) is 11.2 Å². The topological polar surface area (TPSA) is 62.2 Å². The van der Waals surface area contributed by atoms with Crippen molar-refractivity contribution in [3.05, 3.63) is 71.0 Å². The van der Waals surface area contributed by atoms with Gasteiger partial charge in [0.05, 0.1) is 21.8 Å². The summed E-state index contributed by atoms with van der Waals surface area (Å²) in [5.74, 6) is 1.44. The van der Waals surface area contributed by atoms with E-state index in [0.717, 1.165) is 53.8 Å². The Morgan fingerprint density at radius 1 is 1.07 bits per heavy atom. The van der Waals surface area contributed by atoms with Crippen molar-refractivity contribution in [1.29, 1.82) is 5.26 Å². The van der Waals surface area contributed by atoms with E-state index < -0.39 is 0 Å². The van der Waals surface area contributed by atoms with Gasteiger partial charge in [-0.25, -0.2) is 0 Å². The first-order chi connectivity index (χ1) is 14.8. The number of hydrogen-bond acceptors (Lipinski definition) is 5. The monoisotopic (exact) mass is 434 g/mol. The summed E-state index contributed by atoms with van der Waals surface area (Å²) in [4.78, 5) is 2.26. The molecule has 4 heterocycles. The molecule has 1 aliphatic rings. The quantitative estimate of drug-likeness (QED) is 0.416. The van der Waals surface area contributed by atoms with Crippen molar-refractivity contribution in [2.45, 2.75) is 23.8 Å². The average molecular weight is 435 g/mol. The zero-order valence-corrected chi connectivity index (χ0v) is 17.8. The molecule has 3 aromatic heterocycles. The lowest BCUT2D eigenvalue weighted by Crippen LogP contribution is -2.22. The molecular formula is C22H19ClN6S. The Labute approximate surface area is 183 Å². The normalized spacial score (nSPS) is 13.8. The number of para-hydroxylation sites is 1. The van der Waals surface area contributed by atoms with Crippen LogP contribution in [0, 0.1) is 11.3 Å². The summed E-state index contributed by atoms with van der Waals surface area (Å²) in [5, 5.41) is 20.1. The van der Waals surface area contributed by atoms with Crippen molar-refractivity contribution in [1.82, 2.24) is 19.2 Å². The molecule has 1 aliphatic heterocycles. The van der Waals surface area contributed by atoms with Gasteiger partial charge in [0.2, 0.25) is 5.95 Å². The predicted molar refractivity (Wildman–Crippen MR) is 119 cm³/mol. The molecule has 0 saturated carbocycles. The Morgan fingerprint density at radius 2 is 1.87 bits per heavy atom. The van der Waals surface area contributed by atoms with Crippen LogP contribution in [0.4, 0.5) is 5.95 Å². The minimum atomic E-state index is 0.618. The van der Waals surface area contributed by atoms with Gasteiger partial charge in [-0.2, -0.15) is 5.26 Å². The van der Waals surface area contributed by atoms with Gasteiger partial charge in [0, 0.05) is 31.2 Å². The smallest absolute Gasteiger partial charge is 0.232 e.